The van der Waals surface area contributed by atoms with Gasteiger partial charge in [0.15, 0.2) is 0 Å². The number of piperidine rings is 2. The Balaban J connectivity index is 1.53. The van der Waals surface area contributed by atoms with Crippen LogP contribution in [-0.2, 0) is 9.47 Å². The summed E-state index contributed by atoms with van der Waals surface area (Å²) < 4.78 is 10.9. The van der Waals surface area contributed by atoms with E-state index >= 15 is 0 Å². The third kappa shape index (κ3) is 5.22. The molecule has 6 heteroatoms. The topological polar surface area (TPSA) is 59.1 Å². The summed E-state index contributed by atoms with van der Waals surface area (Å²) in [5.74, 6) is 1.11. The molecule has 2 aliphatic heterocycles. The van der Waals surface area contributed by atoms with Crippen LogP contribution in [0.5, 0.6) is 0 Å². The average Bonchev–Trinajstić information content (AvgIpc) is 2.82. The van der Waals surface area contributed by atoms with E-state index in [9.17, 15) is 9.59 Å². The predicted octanol–water partition coefficient (Wildman–Crippen LogP) is 3.46. The molecule has 0 aliphatic carbocycles. The van der Waals surface area contributed by atoms with E-state index in [1.807, 2.05) is 9.80 Å². The first kappa shape index (κ1) is 22.8. The van der Waals surface area contributed by atoms with E-state index in [0.717, 1.165) is 51.9 Å². The maximum Gasteiger partial charge on any atom is 0.253 e. The number of rotatable bonds is 6. The van der Waals surface area contributed by atoms with Crippen LogP contribution in [-0.4, -0.2) is 74.2 Å². The molecule has 3 rings (SSSR count). The molecule has 0 spiro atoms. The van der Waals surface area contributed by atoms with E-state index in [2.05, 4.69) is 13.8 Å². The molecule has 0 N–H and O–H groups in total. The molecule has 2 atom stereocenters. The van der Waals surface area contributed by atoms with E-state index in [1.165, 1.54) is 0 Å². The van der Waals surface area contributed by atoms with Crippen molar-refractivity contribution in [1.29, 1.82) is 0 Å². The largest absolute Gasteiger partial charge is 0.381 e. The lowest BCUT2D eigenvalue weighted by Gasteiger charge is -2.34. The highest BCUT2D eigenvalue weighted by atomic mass is 16.5. The van der Waals surface area contributed by atoms with Crippen molar-refractivity contribution in [3.05, 3.63) is 35.4 Å². The van der Waals surface area contributed by atoms with Crippen molar-refractivity contribution < 1.29 is 19.1 Å². The van der Waals surface area contributed by atoms with Crippen LogP contribution in [0.3, 0.4) is 0 Å². The van der Waals surface area contributed by atoms with Gasteiger partial charge in [0.05, 0.1) is 12.2 Å². The Morgan fingerprint density at radius 1 is 0.733 bits per heavy atom. The maximum atomic E-state index is 12.8. The number of carbonyl (C=O) groups excluding carboxylic acids is 2. The molecule has 30 heavy (non-hydrogen) atoms. The van der Waals surface area contributed by atoms with Gasteiger partial charge >= 0.3 is 0 Å². The van der Waals surface area contributed by atoms with Gasteiger partial charge in [-0.3, -0.25) is 9.59 Å². The fourth-order valence-corrected chi connectivity index (χ4v) is 4.65. The highest BCUT2D eigenvalue weighted by molar-refractivity contribution is 5.97. The Hall–Kier alpha value is -1.92. The van der Waals surface area contributed by atoms with Gasteiger partial charge in [-0.1, -0.05) is 0 Å². The molecular weight excluding hydrogens is 380 g/mol. The first-order valence-corrected chi connectivity index (χ1v) is 11.2. The van der Waals surface area contributed by atoms with Crippen molar-refractivity contribution in [2.45, 2.75) is 51.7 Å². The second kappa shape index (κ2) is 10.4. The van der Waals surface area contributed by atoms with Crippen LogP contribution >= 0.6 is 0 Å². The molecule has 6 nitrogen and oxygen atoms in total. The first-order chi connectivity index (χ1) is 14.4. The summed E-state index contributed by atoms with van der Waals surface area (Å²) >= 11 is 0. The van der Waals surface area contributed by atoms with Gasteiger partial charge in [-0.15, -0.1) is 0 Å². The first-order valence-electron chi connectivity index (χ1n) is 11.2. The van der Waals surface area contributed by atoms with Gasteiger partial charge in [0.2, 0.25) is 0 Å². The zero-order chi connectivity index (χ0) is 21.7. The predicted molar refractivity (Wildman–Crippen MR) is 117 cm³/mol. The zero-order valence-electron chi connectivity index (χ0n) is 18.8. The number of carbonyl (C=O) groups is 2. The van der Waals surface area contributed by atoms with Crippen molar-refractivity contribution in [3.8, 4) is 0 Å². The lowest BCUT2D eigenvalue weighted by atomic mass is 9.91. The minimum absolute atomic E-state index is 0.0480. The zero-order valence-corrected chi connectivity index (χ0v) is 18.8. The van der Waals surface area contributed by atoms with Gasteiger partial charge in [0.1, 0.15) is 0 Å². The SMILES string of the molecule is COC(C)C1CCN(C(=O)c2ccc(C(=O)N3CCC(C(C)OC)CC3)cc2)CC1. The summed E-state index contributed by atoms with van der Waals surface area (Å²) in [7, 11) is 3.49. The van der Waals surface area contributed by atoms with Crippen LogP contribution < -0.4 is 0 Å². The molecule has 2 amide bonds. The Labute approximate surface area is 180 Å². The normalized spacial score (nSPS) is 20.8. The number of hydrogen-bond donors (Lipinski definition) is 0. The molecule has 2 heterocycles. The fourth-order valence-electron chi connectivity index (χ4n) is 4.65. The van der Waals surface area contributed by atoms with Crippen molar-refractivity contribution >= 4 is 11.8 Å². The quantitative estimate of drug-likeness (QED) is 0.713. The van der Waals surface area contributed by atoms with E-state index in [-0.39, 0.29) is 24.0 Å². The molecular formula is C24H36N2O4. The Morgan fingerprint density at radius 3 is 1.30 bits per heavy atom. The molecule has 2 unspecified atom stereocenters. The number of nitrogens with zero attached hydrogens (tertiary/aromatic N) is 2. The molecule has 2 saturated heterocycles. The number of benzene rings is 1. The summed E-state index contributed by atoms with van der Waals surface area (Å²) in [6, 6.07) is 7.16. The molecule has 166 valence electrons. The van der Waals surface area contributed by atoms with Crippen molar-refractivity contribution in [2.75, 3.05) is 40.4 Å². The molecule has 0 radical (unpaired) electrons. The smallest absolute Gasteiger partial charge is 0.253 e. The van der Waals surface area contributed by atoms with Gasteiger partial charge in [-0.25, -0.2) is 0 Å². The summed E-state index contributed by atoms with van der Waals surface area (Å²) in [4.78, 5) is 29.5. The average molecular weight is 417 g/mol. The van der Waals surface area contributed by atoms with Gasteiger partial charge in [0.25, 0.3) is 11.8 Å². The second-order valence-electron chi connectivity index (χ2n) is 8.72. The molecule has 0 aromatic heterocycles. The second-order valence-corrected chi connectivity index (χ2v) is 8.72. The highest BCUT2D eigenvalue weighted by Gasteiger charge is 2.28. The van der Waals surface area contributed by atoms with Crippen LogP contribution in [0.15, 0.2) is 24.3 Å². The number of methoxy groups -OCH3 is 2. The van der Waals surface area contributed by atoms with Gasteiger partial charge in [-0.05, 0) is 75.6 Å². The standard InChI is InChI=1S/C24H36N2O4/c1-17(29-3)19-9-13-25(14-10-19)23(27)21-5-7-22(8-6-21)24(28)26-15-11-20(12-16-26)18(2)30-4/h5-8,17-20H,9-16H2,1-4H3. The van der Waals surface area contributed by atoms with Gasteiger partial charge in [-0.2, -0.15) is 0 Å². The summed E-state index contributed by atoms with van der Waals surface area (Å²) in [5.41, 5.74) is 1.30. The van der Waals surface area contributed by atoms with Gasteiger partial charge < -0.3 is 19.3 Å². The van der Waals surface area contributed by atoms with Gasteiger partial charge in [0, 0.05) is 51.5 Å². The lowest BCUT2D eigenvalue weighted by molar-refractivity contribution is 0.0305. The molecule has 0 saturated carbocycles. The van der Waals surface area contributed by atoms with Crippen LogP contribution in [0.25, 0.3) is 0 Å². The van der Waals surface area contributed by atoms with Crippen molar-refractivity contribution in [2.24, 2.45) is 11.8 Å². The molecule has 2 fully saturated rings. The minimum atomic E-state index is 0.0480. The van der Waals surface area contributed by atoms with Crippen LogP contribution in [0.4, 0.5) is 0 Å². The lowest BCUT2D eigenvalue weighted by Crippen LogP contribution is -2.41. The molecule has 0 bridgehead atoms. The van der Waals surface area contributed by atoms with E-state index in [1.54, 1.807) is 38.5 Å². The number of ether oxygens (including phenoxy) is 2. The number of amides is 2. The highest BCUT2D eigenvalue weighted by Crippen LogP contribution is 2.25. The summed E-state index contributed by atoms with van der Waals surface area (Å²) in [6.45, 7) is 7.22. The van der Waals surface area contributed by atoms with E-state index in [0.29, 0.717) is 23.0 Å². The Kier molecular flexibility index (Phi) is 7.89. The minimum Gasteiger partial charge on any atom is -0.381 e. The third-order valence-electron chi connectivity index (χ3n) is 7.10. The Bertz CT molecular complexity index is 643. The Morgan fingerprint density at radius 2 is 1.03 bits per heavy atom. The molecule has 2 aliphatic rings. The maximum absolute atomic E-state index is 12.8. The van der Waals surface area contributed by atoms with Crippen LogP contribution in [0, 0.1) is 11.8 Å². The van der Waals surface area contributed by atoms with Crippen LogP contribution in [0.1, 0.15) is 60.2 Å². The monoisotopic (exact) mass is 416 g/mol. The van der Waals surface area contributed by atoms with Crippen molar-refractivity contribution in [3.63, 3.8) is 0 Å². The van der Waals surface area contributed by atoms with E-state index in [4.69, 9.17) is 9.47 Å². The number of likely N-dealkylation sites (tertiary alicyclic amines) is 2. The van der Waals surface area contributed by atoms with Crippen LogP contribution in [0.2, 0.25) is 0 Å². The van der Waals surface area contributed by atoms with Crippen molar-refractivity contribution in [1.82, 2.24) is 9.80 Å². The third-order valence-corrected chi connectivity index (χ3v) is 7.10. The summed E-state index contributed by atoms with van der Waals surface area (Å²) in [5, 5.41) is 0. The van der Waals surface area contributed by atoms with E-state index < -0.39 is 0 Å². The fraction of sp³-hybridized carbons (Fsp3) is 0.667. The summed E-state index contributed by atoms with van der Waals surface area (Å²) in [6.07, 6.45) is 4.33. The molecule has 1 aromatic carbocycles. The number of hydrogen-bond acceptors (Lipinski definition) is 4. The molecule has 1 aromatic rings.